The quantitative estimate of drug-likeness (QED) is 0.634. The summed E-state index contributed by atoms with van der Waals surface area (Å²) in [6.07, 6.45) is 2.09. The van der Waals surface area contributed by atoms with E-state index in [1.54, 1.807) is 13.1 Å². The van der Waals surface area contributed by atoms with Crippen molar-refractivity contribution < 1.29 is 0 Å². The first-order valence-electron chi connectivity index (χ1n) is 7.93. The molecule has 0 amide bonds. The van der Waals surface area contributed by atoms with Gasteiger partial charge in [-0.25, -0.2) is 0 Å². The zero-order chi connectivity index (χ0) is 18.4. The van der Waals surface area contributed by atoms with Crippen molar-refractivity contribution in [2.24, 2.45) is 5.10 Å². The van der Waals surface area contributed by atoms with Crippen LogP contribution < -0.4 is 10.5 Å². The molecule has 0 aliphatic heterocycles. The number of aryl methyl sites for hydroxylation is 2. The molecule has 1 N–H and O–H groups in total. The molecule has 8 heteroatoms. The van der Waals surface area contributed by atoms with Gasteiger partial charge in [0.1, 0.15) is 5.69 Å². The lowest BCUT2D eigenvalue weighted by Crippen LogP contribution is -2.23. The van der Waals surface area contributed by atoms with Crippen LogP contribution in [0.3, 0.4) is 0 Å². The van der Waals surface area contributed by atoms with E-state index in [2.05, 4.69) is 33.2 Å². The number of anilines is 1. The van der Waals surface area contributed by atoms with Crippen molar-refractivity contribution in [2.45, 2.75) is 27.2 Å². The molecule has 1 aromatic carbocycles. The zero-order valence-corrected chi connectivity index (χ0v) is 15.3. The number of hydrogen-bond donors (Lipinski definition) is 1. The van der Waals surface area contributed by atoms with Gasteiger partial charge in [0.05, 0.1) is 18.7 Å². The first-order chi connectivity index (χ1) is 12.0. The van der Waals surface area contributed by atoms with Gasteiger partial charge in [0, 0.05) is 18.8 Å². The summed E-state index contributed by atoms with van der Waals surface area (Å²) in [6, 6.07) is 8.14. The Morgan fingerprint density at radius 3 is 2.88 bits per heavy atom. The van der Waals surface area contributed by atoms with Crippen LogP contribution in [0.4, 0.5) is 5.69 Å². The van der Waals surface area contributed by atoms with E-state index in [9.17, 15) is 4.79 Å². The fraction of sp³-hybridized carbons (Fsp3) is 0.353. The van der Waals surface area contributed by atoms with Crippen LogP contribution >= 0.6 is 12.2 Å². The van der Waals surface area contributed by atoms with Gasteiger partial charge >= 0.3 is 0 Å². The van der Waals surface area contributed by atoms with Gasteiger partial charge in [0.25, 0.3) is 5.56 Å². The molecule has 0 atom stereocenters. The predicted octanol–water partition coefficient (Wildman–Crippen LogP) is 2.54. The average molecular weight is 356 g/mol. The molecule has 2 rings (SSSR count). The van der Waals surface area contributed by atoms with E-state index in [1.165, 1.54) is 0 Å². The van der Waals surface area contributed by atoms with E-state index in [1.807, 2.05) is 25.1 Å². The van der Waals surface area contributed by atoms with Gasteiger partial charge in [-0.2, -0.15) is 20.1 Å². The molecule has 2 aromatic rings. The normalized spacial score (nSPS) is 10.8. The highest BCUT2D eigenvalue weighted by Crippen LogP contribution is 2.18. The predicted molar refractivity (Wildman–Crippen MR) is 101 cm³/mol. The Balaban J connectivity index is 2.31. The van der Waals surface area contributed by atoms with Gasteiger partial charge in [-0.05, 0) is 56.2 Å². The topological polar surface area (TPSA) is 90.1 Å². The molecule has 0 radical (unpaired) electrons. The number of benzene rings is 1. The monoisotopic (exact) mass is 356 g/mol. The number of hydrogen-bond acceptors (Lipinski definition) is 6. The third-order valence-electron chi connectivity index (χ3n) is 3.82. The average Bonchev–Trinajstić information content (AvgIpc) is 2.60. The van der Waals surface area contributed by atoms with Crippen molar-refractivity contribution in [1.82, 2.24) is 14.9 Å². The van der Waals surface area contributed by atoms with Crippen LogP contribution in [0.5, 0.6) is 0 Å². The van der Waals surface area contributed by atoms with E-state index in [4.69, 9.17) is 17.5 Å². The van der Waals surface area contributed by atoms with Crippen molar-refractivity contribution in [3.8, 4) is 6.07 Å². The molecule has 0 fully saturated rings. The maximum atomic E-state index is 12.0. The second-order valence-electron chi connectivity index (χ2n) is 5.50. The summed E-state index contributed by atoms with van der Waals surface area (Å²) >= 11 is 5.06. The van der Waals surface area contributed by atoms with Gasteiger partial charge < -0.3 is 4.90 Å². The summed E-state index contributed by atoms with van der Waals surface area (Å²) in [6.45, 7) is 7.16. The molecule has 130 valence electrons. The minimum atomic E-state index is -0.345. The van der Waals surface area contributed by atoms with E-state index in [0.29, 0.717) is 18.7 Å². The van der Waals surface area contributed by atoms with Gasteiger partial charge in [0.15, 0.2) is 0 Å². The lowest BCUT2D eigenvalue weighted by molar-refractivity contribution is 0.720. The second kappa shape index (κ2) is 8.35. The summed E-state index contributed by atoms with van der Waals surface area (Å²) in [7, 11) is 0. The fourth-order valence-corrected chi connectivity index (χ4v) is 2.53. The Hall–Kier alpha value is -2.79. The number of nitriles is 1. The summed E-state index contributed by atoms with van der Waals surface area (Å²) < 4.78 is 1.27. The van der Waals surface area contributed by atoms with E-state index < -0.39 is 0 Å². The molecule has 1 aromatic heterocycles. The van der Waals surface area contributed by atoms with Gasteiger partial charge in [-0.3, -0.25) is 9.89 Å². The van der Waals surface area contributed by atoms with Gasteiger partial charge in [-0.1, -0.05) is 6.07 Å². The Bertz CT molecular complexity index is 937. The molecule has 7 nitrogen and oxygen atoms in total. The van der Waals surface area contributed by atoms with Crippen LogP contribution in [-0.4, -0.2) is 34.2 Å². The third kappa shape index (κ3) is 4.39. The van der Waals surface area contributed by atoms with Crippen LogP contribution in [0.25, 0.3) is 0 Å². The van der Waals surface area contributed by atoms with E-state index >= 15 is 0 Å². The van der Waals surface area contributed by atoms with Crippen LogP contribution in [0, 0.1) is 29.9 Å². The number of rotatable bonds is 6. The smallest absolute Gasteiger partial charge is 0.296 e. The summed E-state index contributed by atoms with van der Waals surface area (Å²) in [4.78, 5) is 14.2. The third-order valence-corrected chi connectivity index (χ3v) is 4.08. The highest BCUT2D eigenvalue weighted by molar-refractivity contribution is 7.71. The molecule has 0 saturated carbocycles. The molecular weight excluding hydrogens is 336 g/mol. The van der Waals surface area contributed by atoms with Crippen LogP contribution in [0.15, 0.2) is 28.1 Å². The second-order valence-corrected chi connectivity index (χ2v) is 5.89. The molecule has 0 aliphatic carbocycles. The van der Waals surface area contributed by atoms with Crippen LogP contribution in [0.1, 0.15) is 30.2 Å². The highest BCUT2D eigenvalue weighted by Gasteiger charge is 2.06. The summed E-state index contributed by atoms with van der Waals surface area (Å²) in [5.74, 6) is 0. The fourth-order valence-electron chi connectivity index (χ4n) is 2.35. The Morgan fingerprint density at radius 1 is 1.48 bits per heavy atom. The molecule has 0 unspecified atom stereocenters. The summed E-state index contributed by atoms with van der Waals surface area (Å²) in [5, 5.41) is 19.4. The molecule has 1 heterocycles. The van der Waals surface area contributed by atoms with Gasteiger partial charge in [0.2, 0.25) is 4.77 Å². The largest absolute Gasteiger partial charge is 0.371 e. The molecule has 0 bridgehead atoms. The van der Waals surface area contributed by atoms with Gasteiger partial charge in [-0.15, -0.1) is 0 Å². The number of aromatic nitrogens is 3. The number of aromatic amines is 1. The molecular formula is C17H20N6OS. The minimum absolute atomic E-state index is 0.148. The first-order valence-corrected chi connectivity index (χ1v) is 8.34. The molecule has 0 saturated heterocycles. The van der Waals surface area contributed by atoms with Crippen molar-refractivity contribution >= 4 is 24.1 Å². The molecule has 0 aliphatic rings. The lowest BCUT2D eigenvalue weighted by atomic mass is 10.1. The standard InChI is InChI=1S/C17H20N6OS/c1-4-22(9-5-8-18)15-7-6-14(12(2)10-15)11-19-23-16(24)13(3)20-21-17(23)25/h6-7,10-11H,4-5,9H2,1-3H3,(H,21,25)/b19-11-. The van der Waals surface area contributed by atoms with E-state index in [0.717, 1.165) is 28.0 Å². The summed E-state index contributed by atoms with van der Waals surface area (Å²) in [5.41, 5.74) is 2.92. The van der Waals surface area contributed by atoms with Crippen molar-refractivity contribution in [2.75, 3.05) is 18.0 Å². The number of nitrogens with zero attached hydrogens (tertiary/aromatic N) is 5. The molecule has 25 heavy (non-hydrogen) atoms. The minimum Gasteiger partial charge on any atom is -0.371 e. The number of nitrogens with one attached hydrogen (secondary N) is 1. The Labute approximate surface area is 151 Å². The highest BCUT2D eigenvalue weighted by atomic mass is 32.1. The van der Waals surface area contributed by atoms with E-state index in [-0.39, 0.29) is 10.3 Å². The van der Waals surface area contributed by atoms with Crippen molar-refractivity contribution in [3.63, 3.8) is 0 Å². The Morgan fingerprint density at radius 2 is 2.24 bits per heavy atom. The van der Waals surface area contributed by atoms with Crippen LogP contribution in [-0.2, 0) is 0 Å². The Kier molecular flexibility index (Phi) is 6.19. The maximum Gasteiger partial charge on any atom is 0.296 e. The zero-order valence-electron chi connectivity index (χ0n) is 14.5. The number of H-pyrrole nitrogens is 1. The lowest BCUT2D eigenvalue weighted by Gasteiger charge is -2.22. The first kappa shape index (κ1) is 18.5. The van der Waals surface area contributed by atoms with Crippen molar-refractivity contribution in [1.29, 1.82) is 5.26 Å². The van der Waals surface area contributed by atoms with Crippen molar-refractivity contribution in [3.05, 3.63) is 50.1 Å². The SMILES string of the molecule is CCN(CCC#N)c1ccc(/C=N\n2c(=S)[nH]nc(C)c2=O)c(C)c1. The van der Waals surface area contributed by atoms with Crippen LogP contribution in [0.2, 0.25) is 0 Å². The maximum absolute atomic E-state index is 12.0. The molecule has 0 spiro atoms.